The van der Waals surface area contributed by atoms with Crippen LogP contribution < -0.4 is 11.3 Å². The maximum Gasteiger partial charge on any atom is 0.253 e. The Bertz CT molecular complexity index is 581. The minimum absolute atomic E-state index is 0.152. The van der Waals surface area contributed by atoms with Crippen LogP contribution in [-0.2, 0) is 0 Å². The number of nitrogens with zero attached hydrogens (tertiary/aromatic N) is 3. The Morgan fingerprint density at radius 2 is 2.31 bits per heavy atom. The van der Waals surface area contributed by atoms with Crippen LogP contribution in [0.25, 0.3) is 5.82 Å². The fourth-order valence-electron chi connectivity index (χ4n) is 1.60. The van der Waals surface area contributed by atoms with Crippen molar-refractivity contribution in [1.29, 1.82) is 0 Å². The molecule has 6 nitrogen and oxygen atoms in total. The predicted molar refractivity (Wildman–Crippen MR) is 58.4 cm³/mol. The maximum absolute atomic E-state index is 11.5. The number of nitrogens with one attached hydrogen (secondary N) is 1. The van der Waals surface area contributed by atoms with Gasteiger partial charge in [0, 0.05) is 24.2 Å². The molecule has 1 saturated carbocycles. The van der Waals surface area contributed by atoms with Gasteiger partial charge in [-0.3, -0.25) is 4.79 Å². The van der Waals surface area contributed by atoms with Gasteiger partial charge >= 0.3 is 0 Å². The zero-order valence-electron chi connectivity index (χ0n) is 8.55. The number of hydrogen-bond acceptors (Lipinski definition) is 4. The molecule has 2 heterocycles. The van der Waals surface area contributed by atoms with Crippen LogP contribution in [0.2, 0.25) is 0 Å². The van der Waals surface area contributed by atoms with Crippen LogP contribution in [0.5, 0.6) is 0 Å². The van der Waals surface area contributed by atoms with Crippen LogP contribution >= 0.6 is 0 Å². The summed E-state index contributed by atoms with van der Waals surface area (Å²) in [4.78, 5) is 18.6. The molecule has 0 saturated heterocycles. The van der Waals surface area contributed by atoms with Gasteiger partial charge in [-0.05, 0) is 12.8 Å². The molecule has 82 valence electrons. The lowest BCUT2D eigenvalue weighted by molar-refractivity contribution is 0.805. The average Bonchev–Trinajstić information content (AvgIpc) is 3.01. The molecule has 1 aliphatic carbocycles. The number of H-pyrrole nitrogens is 1. The number of anilines is 1. The van der Waals surface area contributed by atoms with Crippen molar-refractivity contribution in [2.45, 2.75) is 18.8 Å². The smallest absolute Gasteiger partial charge is 0.253 e. The summed E-state index contributed by atoms with van der Waals surface area (Å²) in [6.45, 7) is 0. The van der Waals surface area contributed by atoms with E-state index in [9.17, 15) is 4.79 Å². The molecule has 16 heavy (non-hydrogen) atoms. The first-order valence-corrected chi connectivity index (χ1v) is 5.15. The molecule has 2 aromatic rings. The van der Waals surface area contributed by atoms with E-state index in [1.165, 1.54) is 10.7 Å². The lowest BCUT2D eigenvalue weighted by Crippen LogP contribution is -2.13. The van der Waals surface area contributed by atoms with Crippen molar-refractivity contribution >= 4 is 5.82 Å². The molecule has 0 aromatic carbocycles. The van der Waals surface area contributed by atoms with E-state index >= 15 is 0 Å². The van der Waals surface area contributed by atoms with E-state index in [-0.39, 0.29) is 5.56 Å². The van der Waals surface area contributed by atoms with E-state index < -0.39 is 0 Å². The van der Waals surface area contributed by atoms with E-state index in [2.05, 4.69) is 15.1 Å². The summed E-state index contributed by atoms with van der Waals surface area (Å²) in [7, 11) is 0. The van der Waals surface area contributed by atoms with Crippen LogP contribution in [0.3, 0.4) is 0 Å². The minimum atomic E-state index is -0.152. The molecule has 3 rings (SSSR count). The summed E-state index contributed by atoms with van der Waals surface area (Å²) in [6.07, 6.45) is 3.87. The molecule has 3 N–H and O–H groups in total. The van der Waals surface area contributed by atoms with Gasteiger partial charge in [-0.15, -0.1) is 5.10 Å². The van der Waals surface area contributed by atoms with Crippen molar-refractivity contribution in [2.24, 2.45) is 0 Å². The van der Waals surface area contributed by atoms with Crippen molar-refractivity contribution in [1.82, 2.24) is 19.7 Å². The van der Waals surface area contributed by atoms with Gasteiger partial charge in [-0.1, -0.05) is 0 Å². The Labute approximate surface area is 91.1 Å². The van der Waals surface area contributed by atoms with Crippen molar-refractivity contribution < 1.29 is 0 Å². The van der Waals surface area contributed by atoms with Gasteiger partial charge in [0.2, 0.25) is 0 Å². The standard InChI is InChI=1S/C10H11N5O/c11-7-3-4-15(14-7)8-5-9(16)13-10(12-8)6-1-2-6/h3-6H,1-2H2,(H2,11,14)(H,12,13,16). The van der Waals surface area contributed by atoms with Crippen molar-refractivity contribution in [3.63, 3.8) is 0 Å². The second kappa shape index (κ2) is 3.19. The van der Waals surface area contributed by atoms with E-state index in [0.717, 1.165) is 18.7 Å². The molecular formula is C10H11N5O. The van der Waals surface area contributed by atoms with Gasteiger partial charge in [0.1, 0.15) is 11.6 Å². The summed E-state index contributed by atoms with van der Waals surface area (Å²) < 4.78 is 1.51. The third-order valence-corrected chi connectivity index (χ3v) is 2.55. The quantitative estimate of drug-likeness (QED) is 0.762. The highest BCUT2D eigenvalue weighted by Gasteiger charge is 2.26. The van der Waals surface area contributed by atoms with E-state index in [4.69, 9.17) is 5.73 Å². The molecule has 0 amide bonds. The van der Waals surface area contributed by atoms with Gasteiger partial charge in [0.05, 0.1) is 0 Å². The van der Waals surface area contributed by atoms with Gasteiger partial charge in [0.15, 0.2) is 5.82 Å². The number of rotatable bonds is 2. The second-order valence-electron chi connectivity index (χ2n) is 3.95. The molecule has 0 unspecified atom stereocenters. The molecule has 1 aliphatic rings. The van der Waals surface area contributed by atoms with Gasteiger partial charge < -0.3 is 10.7 Å². The molecule has 0 bridgehead atoms. The highest BCUT2D eigenvalue weighted by Crippen LogP contribution is 2.37. The third-order valence-electron chi connectivity index (χ3n) is 2.55. The number of nitrogens with two attached hydrogens (primary N) is 1. The second-order valence-corrected chi connectivity index (χ2v) is 3.95. The van der Waals surface area contributed by atoms with E-state index in [1.54, 1.807) is 12.3 Å². The first-order valence-electron chi connectivity index (χ1n) is 5.15. The monoisotopic (exact) mass is 217 g/mol. The third kappa shape index (κ3) is 1.58. The van der Waals surface area contributed by atoms with Gasteiger partial charge in [0.25, 0.3) is 5.56 Å². The lowest BCUT2D eigenvalue weighted by Gasteiger charge is -2.02. The Kier molecular flexibility index (Phi) is 1.82. The van der Waals surface area contributed by atoms with Crippen LogP contribution in [0, 0.1) is 0 Å². The van der Waals surface area contributed by atoms with Gasteiger partial charge in [-0.25, -0.2) is 9.67 Å². The molecule has 1 fully saturated rings. The SMILES string of the molecule is Nc1ccn(-c2cc(=O)[nH]c(C3CC3)n2)n1. The van der Waals surface area contributed by atoms with Crippen LogP contribution in [0.1, 0.15) is 24.6 Å². The van der Waals surface area contributed by atoms with Crippen LogP contribution in [0.4, 0.5) is 5.82 Å². The van der Waals surface area contributed by atoms with Crippen molar-refractivity contribution in [3.8, 4) is 5.82 Å². The summed E-state index contributed by atoms with van der Waals surface area (Å²) in [5.74, 6) is 2.08. The number of aromatic nitrogens is 4. The number of hydrogen-bond donors (Lipinski definition) is 2. The topological polar surface area (TPSA) is 89.6 Å². The first kappa shape index (κ1) is 9.14. The predicted octanol–water partition coefficient (Wildman–Crippen LogP) is 0.415. The molecule has 2 aromatic heterocycles. The fourth-order valence-corrected chi connectivity index (χ4v) is 1.60. The summed E-state index contributed by atoms with van der Waals surface area (Å²) in [5.41, 5.74) is 5.37. The van der Waals surface area contributed by atoms with Crippen LogP contribution in [-0.4, -0.2) is 19.7 Å². The van der Waals surface area contributed by atoms with Crippen LogP contribution in [0.15, 0.2) is 23.1 Å². The Hall–Kier alpha value is -2.11. The van der Waals surface area contributed by atoms with Gasteiger partial charge in [-0.2, -0.15) is 0 Å². The summed E-state index contributed by atoms with van der Waals surface area (Å²) in [6, 6.07) is 3.08. The lowest BCUT2D eigenvalue weighted by atomic mass is 10.4. The molecule has 6 heteroatoms. The minimum Gasteiger partial charge on any atom is -0.382 e. The molecule has 0 radical (unpaired) electrons. The molecule has 0 atom stereocenters. The number of nitrogen functional groups attached to an aromatic ring is 1. The largest absolute Gasteiger partial charge is 0.382 e. The summed E-state index contributed by atoms with van der Waals surface area (Å²) >= 11 is 0. The molecule has 0 spiro atoms. The van der Waals surface area contributed by atoms with Crippen molar-refractivity contribution in [3.05, 3.63) is 34.5 Å². The van der Waals surface area contributed by atoms with Crippen molar-refractivity contribution in [2.75, 3.05) is 5.73 Å². The summed E-state index contributed by atoms with van der Waals surface area (Å²) in [5, 5.41) is 4.02. The Morgan fingerprint density at radius 3 is 2.94 bits per heavy atom. The Morgan fingerprint density at radius 1 is 1.50 bits per heavy atom. The maximum atomic E-state index is 11.5. The highest BCUT2D eigenvalue weighted by molar-refractivity contribution is 5.30. The van der Waals surface area contributed by atoms with E-state index in [1.807, 2.05) is 0 Å². The fraction of sp³-hybridized carbons (Fsp3) is 0.300. The molecule has 0 aliphatic heterocycles. The highest BCUT2D eigenvalue weighted by atomic mass is 16.1. The zero-order valence-corrected chi connectivity index (χ0v) is 8.55. The zero-order chi connectivity index (χ0) is 11.1. The average molecular weight is 217 g/mol. The molecular weight excluding hydrogens is 206 g/mol. The van der Waals surface area contributed by atoms with E-state index in [0.29, 0.717) is 17.6 Å². The normalized spacial score (nSPS) is 15.2. The first-order chi connectivity index (χ1) is 7.72. The number of aromatic amines is 1. The Balaban J connectivity index is 2.09.